The SMILES string of the molecule is Brc1nc(-c2ccc(-c3ccccc3)cc2)nc(-c2ccc3c(c2)c2ccccc2n3-c2ccccc2)n1.Brc1nc(-c2ccc(-c3ccccc3)cc2)nc(-c2ccc3sc4ccccc4c3c2)n1.CC1(C)c2ccccc2-c2ccc(-c3nc(Br)nc(-c4ccc5ccccc5c4)n3)cc21. The van der Waals surface area contributed by atoms with Crippen LogP contribution in [0.15, 0.2) is 324 Å². The Morgan fingerprint density at radius 1 is 0.265 bits per heavy atom. The van der Waals surface area contributed by atoms with Crippen molar-refractivity contribution in [1.82, 2.24) is 49.4 Å². The molecular weight excluding hydrogens is 1470 g/mol. The number of benzene rings is 13. The fraction of sp³-hybridized carbons (Fsp3) is 0.0341. The van der Waals surface area contributed by atoms with Gasteiger partial charge >= 0.3 is 0 Å². The van der Waals surface area contributed by atoms with E-state index >= 15 is 0 Å². The highest BCUT2D eigenvalue weighted by Gasteiger charge is 2.35. The quantitative estimate of drug-likeness (QED) is 0.139. The third-order valence-corrected chi connectivity index (χ3v) is 21.0. The molecule has 0 amide bonds. The summed E-state index contributed by atoms with van der Waals surface area (Å²) in [5, 5.41) is 7.21. The van der Waals surface area contributed by atoms with Crippen molar-refractivity contribution in [2.75, 3.05) is 0 Å². The van der Waals surface area contributed by atoms with E-state index in [1.54, 1.807) is 11.3 Å². The molecule has 14 heteroatoms. The standard InChI is InChI=1S/C33H21BrN4.C28H20BrN3.C27H16BrN3S/c34-33-36-31(24-17-15-23(16-18-24)22-9-3-1-4-10-22)35-32(37-33)25-19-20-30-28(21-25)27-13-7-8-14-29(27)38(30)26-11-5-2-6-12-26;1-28(2)23-10-6-5-9-21(23)22-14-13-20(16-24(22)28)26-30-25(31-27(29)32-26)19-12-11-17-7-3-4-8-18(17)15-19;28-27-30-25(19-12-10-18(11-13-19)17-6-2-1-3-7-17)29-26(31-27)20-14-15-24-22(16-20)21-8-4-5-9-23(21)32-24/h1-21H;3-16H,1-2H3;1-16H. The second-order valence-corrected chi connectivity index (χ2v) is 28.6. The highest BCUT2D eigenvalue weighted by atomic mass is 79.9. The van der Waals surface area contributed by atoms with Gasteiger partial charge in [0.1, 0.15) is 0 Å². The lowest BCUT2D eigenvalue weighted by Gasteiger charge is -2.21. The summed E-state index contributed by atoms with van der Waals surface area (Å²) < 4.78 is 6.43. The summed E-state index contributed by atoms with van der Waals surface area (Å²) in [5.41, 5.74) is 19.1. The molecule has 5 heterocycles. The minimum Gasteiger partial charge on any atom is -0.309 e. The molecule has 5 aromatic heterocycles. The van der Waals surface area contributed by atoms with Gasteiger partial charge in [0.2, 0.25) is 14.2 Å². The first-order valence-electron chi connectivity index (χ1n) is 33.3. The summed E-state index contributed by atoms with van der Waals surface area (Å²) >= 11 is 12.3. The van der Waals surface area contributed by atoms with Gasteiger partial charge in [-0.1, -0.05) is 250 Å². The average molecular weight is 1530 g/mol. The zero-order valence-corrected chi connectivity index (χ0v) is 60.5. The van der Waals surface area contributed by atoms with Gasteiger partial charge in [0.25, 0.3) is 0 Å². The van der Waals surface area contributed by atoms with E-state index in [9.17, 15) is 0 Å². The molecule has 0 unspecified atom stereocenters. The molecule has 0 radical (unpaired) electrons. The van der Waals surface area contributed by atoms with Gasteiger partial charge in [-0.2, -0.15) is 0 Å². The first kappa shape index (κ1) is 64.0. The van der Waals surface area contributed by atoms with E-state index in [1.165, 1.54) is 75.2 Å². The molecule has 0 saturated carbocycles. The molecule has 1 aliphatic carbocycles. The molecule has 13 aromatic carbocycles. The first-order valence-corrected chi connectivity index (χ1v) is 36.5. The molecule has 0 spiro atoms. The van der Waals surface area contributed by atoms with Gasteiger partial charge in [0.05, 0.1) is 11.0 Å². The number of rotatable bonds is 9. The summed E-state index contributed by atoms with van der Waals surface area (Å²) in [6.07, 6.45) is 0. The summed E-state index contributed by atoms with van der Waals surface area (Å²) in [4.78, 5) is 42.0. The molecule has 0 bridgehead atoms. The van der Waals surface area contributed by atoms with E-state index in [0.29, 0.717) is 49.1 Å². The second kappa shape index (κ2) is 27.3. The maximum atomic E-state index is 4.87. The molecule has 486 valence electrons. The highest BCUT2D eigenvalue weighted by molar-refractivity contribution is 9.10. The Morgan fingerprint density at radius 3 is 1.26 bits per heavy atom. The second-order valence-electron chi connectivity index (χ2n) is 25.4. The van der Waals surface area contributed by atoms with Crippen LogP contribution in [0.2, 0.25) is 0 Å². The Labute approximate surface area is 617 Å². The van der Waals surface area contributed by atoms with E-state index in [4.69, 9.17) is 15.0 Å². The Balaban J connectivity index is 0.000000114. The van der Waals surface area contributed by atoms with Crippen LogP contribution in [0.4, 0.5) is 0 Å². The predicted octanol–water partition coefficient (Wildman–Crippen LogP) is 24.2. The van der Waals surface area contributed by atoms with Gasteiger partial charge in [-0.05, 0) is 176 Å². The zero-order chi connectivity index (χ0) is 68.8. The molecule has 0 aliphatic heterocycles. The summed E-state index contributed by atoms with van der Waals surface area (Å²) in [6, 6.07) is 107. The fourth-order valence-electron chi connectivity index (χ4n) is 13.7. The smallest absolute Gasteiger partial charge is 0.200 e. The van der Waals surface area contributed by atoms with Crippen molar-refractivity contribution in [1.29, 1.82) is 0 Å². The third kappa shape index (κ3) is 12.6. The maximum absolute atomic E-state index is 4.87. The molecule has 0 fully saturated rings. The van der Waals surface area contributed by atoms with Crippen molar-refractivity contribution < 1.29 is 0 Å². The normalized spacial score (nSPS) is 12.0. The van der Waals surface area contributed by atoms with Crippen molar-refractivity contribution in [3.05, 3.63) is 335 Å². The van der Waals surface area contributed by atoms with Crippen LogP contribution >= 0.6 is 59.1 Å². The van der Waals surface area contributed by atoms with Crippen LogP contribution in [0.25, 0.3) is 160 Å². The number of para-hydroxylation sites is 2. The summed E-state index contributed by atoms with van der Waals surface area (Å²) in [5.74, 6) is 3.91. The van der Waals surface area contributed by atoms with Gasteiger partial charge in [-0.15, -0.1) is 11.3 Å². The van der Waals surface area contributed by atoms with Crippen LogP contribution in [0, 0.1) is 0 Å². The van der Waals surface area contributed by atoms with Crippen molar-refractivity contribution in [2.24, 2.45) is 0 Å². The lowest BCUT2D eigenvalue weighted by atomic mass is 9.82. The average Bonchev–Trinajstić information content (AvgIpc) is 2.21. The molecule has 0 atom stereocenters. The van der Waals surface area contributed by atoms with Gasteiger partial charge in [0.15, 0.2) is 34.9 Å². The number of halogens is 3. The zero-order valence-electron chi connectivity index (χ0n) is 55.0. The van der Waals surface area contributed by atoms with Crippen LogP contribution in [0.3, 0.4) is 0 Å². The summed E-state index contributed by atoms with van der Waals surface area (Å²) in [7, 11) is 0. The van der Waals surface area contributed by atoms with Crippen molar-refractivity contribution in [2.45, 2.75) is 19.3 Å². The largest absolute Gasteiger partial charge is 0.309 e. The Bertz CT molecular complexity index is 6210. The minimum absolute atomic E-state index is 0.0621. The Hall–Kier alpha value is -11.4. The van der Waals surface area contributed by atoms with Gasteiger partial charge in [-0.25, -0.2) is 44.9 Å². The van der Waals surface area contributed by atoms with Gasteiger partial charge in [-0.3, -0.25) is 0 Å². The monoisotopic (exact) mass is 1520 g/mol. The number of nitrogens with zero attached hydrogens (tertiary/aromatic N) is 10. The fourth-order valence-corrected chi connectivity index (χ4v) is 15.8. The lowest BCUT2D eigenvalue weighted by Crippen LogP contribution is -2.15. The molecule has 10 nitrogen and oxygen atoms in total. The lowest BCUT2D eigenvalue weighted by molar-refractivity contribution is 0.660. The van der Waals surface area contributed by atoms with Gasteiger partial charge in [0, 0.05) is 75.4 Å². The molecule has 18 aromatic rings. The van der Waals surface area contributed by atoms with Crippen molar-refractivity contribution in [3.8, 4) is 107 Å². The molecule has 102 heavy (non-hydrogen) atoms. The van der Waals surface area contributed by atoms with E-state index in [1.807, 2.05) is 54.6 Å². The van der Waals surface area contributed by atoms with Crippen LogP contribution in [0.5, 0.6) is 0 Å². The van der Waals surface area contributed by atoms with E-state index < -0.39 is 0 Å². The number of hydrogen-bond acceptors (Lipinski definition) is 10. The number of fused-ring (bicyclic) bond motifs is 10. The van der Waals surface area contributed by atoms with Crippen molar-refractivity contribution in [3.63, 3.8) is 0 Å². The molecule has 0 N–H and O–H groups in total. The number of aromatic nitrogens is 10. The Kier molecular flexibility index (Phi) is 17.1. The Morgan fingerprint density at radius 2 is 0.657 bits per heavy atom. The highest BCUT2D eigenvalue weighted by Crippen LogP contribution is 2.50. The molecule has 0 saturated heterocycles. The third-order valence-electron chi connectivity index (χ3n) is 18.8. The predicted molar refractivity (Wildman–Crippen MR) is 428 cm³/mol. The number of thiophene rings is 1. The van der Waals surface area contributed by atoms with Crippen molar-refractivity contribution >= 4 is 112 Å². The van der Waals surface area contributed by atoms with E-state index in [2.05, 4.69) is 351 Å². The molecule has 19 rings (SSSR count). The van der Waals surface area contributed by atoms with Crippen LogP contribution in [-0.4, -0.2) is 49.4 Å². The van der Waals surface area contributed by atoms with Gasteiger partial charge < -0.3 is 4.57 Å². The summed E-state index contributed by atoms with van der Waals surface area (Å²) in [6.45, 7) is 4.57. The number of hydrogen-bond donors (Lipinski definition) is 0. The minimum atomic E-state index is -0.0621. The van der Waals surface area contributed by atoms with E-state index in [-0.39, 0.29) is 5.41 Å². The van der Waals surface area contributed by atoms with Crippen LogP contribution < -0.4 is 0 Å². The van der Waals surface area contributed by atoms with E-state index in [0.717, 1.165) is 61.1 Å². The topological polar surface area (TPSA) is 121 Å². The van der Waals surface area contributed by atoms with Crippen LogP contribution in [0.1, 0.15) is 25.0 Å². The first-order chi connectivity index (χ1) is 50.0. The molecule has 1 aliphatic rings. The molecular formula is C88H57Br3N10S. The van der Waals surface area contributed by atoms with Crippen LogP contribution in [-0.2, 0) is 5.41 Å². The maximum Gasteiger partial charge on any atom is 0.200 e.